The normalized spacial score (nSPS) is 11.3. The predicted octanol–water partition coefficient (Wildman–Crippen LogP) is 8.58. The molecule has 0 unspecified atom stereocenters. The van der Waals surface area contributed by atoms with Crippen LogP contribution in [0.1, 0.15) is 10.1 Å². The van der Waals surface area contributed by atoms with Gasteiger partial charge in [-0.1, -0.05) is 91.0 Å². The number of rotatable bonds is 5. The number of fused-ring (bicyclic) bond motifs is 2. The van der Waals surface area contributed by atoms with E-state index in [1.54, 1.807) is 0 Å². The van der Waals surface area contributed by atoms with Gasteiger partial charge in [-0.3, -0.25) is 0 Å². The van der Waals surface area contributed by atoms with Gasteiger partial charge in [-0.05, 0) is 51.4 Å². The van der Waals surface area contributed by atoms with Crippen molar-refractivity contribution in [2.75, 3.05) is 0 Å². The van der Waals surface area contributed by atoms with E-state index in [1.807, 2.05) is 23.5 Å². The zero-order valence-electron chi connectivity index (χ0n) is 15.9. The van der Waals surface area contributed by atoms with Gasteiger partial charge < -0.3 is 0 Å². The van der Waals surface area contributed by atoms with Crippen molar-refractivity contribution in [1.82, 2.24) is 0 Å². The van der Waals surface area contributed by atoms with E-state index >= 15 is 0 Å². The minimum absolute atomic E-state index is 0.290. The molecule has 0 N–H and O–H groups in total. The second kappa shape index (κ2) is 8.36. The molecule has 0 radical (unpaired) electrons. The molecule has 5 aromatic rings. The Morgan fingerprint density at radius 1 is 0.414 bits per heavy atom. The van der Waals surface area contributed by atoms with Crippen molar-refractivity contribution in [2.24, 2.45) is 0 Å². The summed E-state index contributed by atoms with van der Waals surface area (Å²) >= 11 is 3.84. The van der Waals surface area contributed by atoms with Gasteiger partial charge in [0.05, 0.1) is 4.58 Å². The Balaban J connectivity index is 1.48. The van der Waals surface area contributed by atoms with E-state index in [4.69, 9.17) is 0 Å². The summed E-state index contributed by atoms with van der Waals surface area (Å²) in [5.74, 6) is 0. The van der Waals surface area contributed by atoms with Gasteiger partial charge in [0.1, 0.15) is 0 Å². The molecule has 0 aliphatic rings. The molecule has 0 bridgehead atoms. The highest BCUT2D eigenvalue weighted by Crippen LogP contribution is 2.47. The molecule has 0 aliphatic carbocycles. The lowest BCUT2D eigenvalue weighted by Crippen LogP contribution is -1.90. The second-order valence-electron chi connectivity index (χ2n) is 7.00. The van der Waals surface area contributed by atoms with Crippen LogP contribution in [0.15, 0.2) is 125 Å². The molecule has 0 saturated heterocycles. The van der Waals surface area contributed by atoms with Crippen LogP contribution in [-0.2, 0) is 0 Å². The Morgan fingerprint density at radius 2 is 0.862 bits per heavy atom. The highest BCUT2D eigenvalue weighted by Gasteiger charge is 2.15. The molecule has 5 aromatic carbocycles. The fourth-order valence-corrected chi connectivity index (χ4v) is 6.12. The van der Waals surface area contributed by atoms with Gasteiger partial charge in [-0.15, -0.1) is 23.5 Å². The van der Waals surface area contributed by atoms with Gasteiger partial charge in [0.2, 0.25) is 0 Å². The molecular formula is C27H20S2. The fraction of sp³-hybridized carbons (Fsp3) is 0.0370. The molecular weight excluding hydrogens is 388 g/mol. The number of hydrogen-bond acceptors (Lipinski definition) is 2. The van der Waals surface area contributed by atoms with Crippen LogP contribution < -0.4 is 0 Å². The van der Waals surface area contributed by atoms with Crippen LogP contribution in [0.4, 0.5) is 0 Å². The Labute approximate surface area is 180 Å². The van der Waals surface area contributed by atoms with Gasteiger partial charge in [0.15, 0.2) is 0 Å². The maximum atomic E-state index is 2.30. The first-order chi connectivity index (χ1) is 14.3. The molecule has 0 spiro atoms. The highest BCUT2D eigenvalue weighted by molar-refractivity contribution is 8.16. The van der Waals surface area contributed by atoms with Gasteiger partial charge in [0, 0.05) is 9.79 Å². The van der Waals surface area contributed by atoms with E-state index in [9.17, 15) is 0 Å². The molecule has 0 aromatic heterocycles. The van der Waals surface area contributed by atoms with Crippen LogP contribution in [0.2, 0.25) is 0 Å². The molecule has 2 heteroatoms. The topological polar surface area (TPSA) is 0 Å². The molecule has 140 valence electrons. The zero-order valence-corrected chi connectivity index (χ0v) is 17.5. The molecule has 0 saturated carbocycles. The van der Waals surface area contributed by atoms with E-state index in [0.29, 0.717) is 4.58 Å². The van der Waals surface area contributed by atoms with Crippen molar-refractivity contribution in [2.45, 2.75) is 14.4 Å². The molecule has 0 fully saturated rings. The van der Waals surface area contributed by atoms with Crippen LogP contribution in [0.5, 0.6) is 0 Å². The molecule has 0 aliphatic heterocycles. The van der Waals surface area contributed by atoms with Crippen LogP contribution in [-0.4, -0.2) is 0 Å². The van der Waals surface area contributed by atoms with Crippen LogP contribution in [0, 0.1) is 0 Å². The van der Waals surface area contributed by atoms with E-state index in [0.717, 1.165) is 0 Å². The lowest BCUT2D eigenvalue weighted by atomic mass is 10.1. The summed E-state index contributed by atoms with van der Waals surface area (Å²) in [7, 11) is 0. The predicted molar refractivity (Wildman–Crippen MR) is 129 cm³/mol. The van der Waals surface area contributed by atoms with Crippen molar-refractivity contribution in [3.63, 3.8) is 0 Å². The van der Waals surface area contributed by atoms with Crippen molar-refractivity contribution in [3.05, 3.63) is 121 Å². The Hall–Kier alpha value is -2.68. The zero-order chi connectivity index (χ0) is 19.5. The van der Waals surface area contributed by atoms with E-state index in [2.05, 4.69) is 115 Å². The Morgan fingerprint density at radius 3 is 1.38 bits per heavy atom. The first-order valence-electron chi connectivity index (χ1n) is 9.71. The summed E-state index contributed by atoms with van der Waals surface area (Å²) < 4.78 is 0.290. The number of benzene rings is 5. The van der Waals surface area contributed by atoms with Crippen LogP contribution in [0.25, 0.3) is 21.5 Å². The van der Waals surface area contributed by atoms with E-state index in [-0.39, 0.29) is 0 Å². The highest BCUT2D eigenvalue weighted by atomic mass is 32.2. The summed E-state index contributed by atoms with van der Waals surface area (Å²) in [5, 5.41) is 5.16. The maximum absolute atomic E-state index is 2.30. The average molecular weight is 409 g/mol. The lowest BCUT2D eigenvalue weighted by molar-refractivity contribution is 1.34. The molecule has 0 heterocycles. The van der Waals surface area contributed by atoms with E-state index < -0.39 is 0 Å². The standard InChI is InChI=1S/C27H20S2/c1-2-10-22(11-3-1)27(28-25-16-14-20-8-4-6-12-23(20)18-25)29-26-17-15-21-9-5-7-13-24(21)19-26/h1-19,27H. The van der Waals surface area contributed by atoms with E-state index in [1.165, 1.54) is 36.9 Å². The Bertz CT molecular complexity index is 1180. The monoisotopic (exact) mass is 408 g/mol. The molecule has 29 heavy (non-hydrogen) atoms. The smallest absolute Gasteiger partial charge is 0.0845 e. The van der Waals surface area contributed by atoms with Crippen molar-refractivity contribution in [1.29, 1.82) is 0 Å². The first-order valence-corrected chi connectivity index (χ1v) is 11.5. The summed E-state index contributed by atoms with van der Waals surface area (Å²) in [6.45, 7) is 0. The lowest BCUT2D eigenvalue weighted by Gasteiger charge is -2.17. The second-order valence-corrected chi connectivity index (χ2v) is 9.65. The average Bonchev–Trinajstić information content (AvgIpc) is 2.79. The first kappa shape index (κ1) is 18.4. The number of hydrogen-bond donors (Lipinski definition) is 0. The SMILES string of the molecule is c1ccc(C(Sc2ccc3ccccc3c2)Sc2ccc3ccccc3c2)cc1. The molecule has 0 amide bonds. The maximum Gasteiger partial charge on any atom is 0.0845 e. The fourth-order valence-electron chi connectivity index (χ4n) is 3.50. The van der Waals surface area contributed by atoms with Gasteiger partial charge in [-0.25, -0.2) is 0 Å². The quantitative estimate of drug-likeness (QED) is 0.211. The number of thioether (sulfide) groups is 2. The van der Waals surface area contributed by atoms with Crippen LogP contribution >= 0.6 is 23.5 Å². The third-order valence-corrected chi connectivity index (χ3v) is 7.60. The third kappa shape index (κ3) is 4.19. The Kier molecular flexibility index (Phi) is 5.29. The van der Waals surface area contributed by atoms with Crippen LogP contribution in [0.3, 0.4) is 0 Å². The molecule has 5 rings (SSSR count). The molecule has 0 nitrogen and oxygen atoms in total. The summed E-state index contributed by atoms with van der Waals surface area (Å²) in [6, 6.07) is 41.4. The van der Waals surface area contributed by atoms with Crippen molar-refractivity contribution < 1.29 is 0 Å². The van der Waals surface area contributed by atoms with Gasteiger partial charge in [-0.2, -0.15) is 0 Å². The largest absolute Gasteiger partial charge is 0.106 e. The van der Waals surface area contributed by atoms with Gasteiger partial charge in [0.25, 0.3) is 0 Å². The summed E-state index contributed by atoms with van der Waals surface area (Å²) in [4.78, 5) is 2.59. The molecule has 0 atom stereocenters. The van der Waals surface area contributed by atoms with Crippen molar-refractivity contribution >= 4 is 45.1 Å². The minimum Gasteiger partial charge on any atom is -0.106 e. The summed E-state index contributed by atoms with van der Waals surface area (Å²) in [6.07, 6.45) is 0. The van der Waals surface area contributed by atoms with Crippen molar-refractivity contribution in [3.8, 4) is 0 Å². The minimum atomic E-state index is 0.290. The summed E-state index contributed by atoms with van der Waals surface area (Å²) in [5.41, 5.74) is 1.34. The van der Waals surface area contributed by atoms with Gasteiger partial charge >= 0.3 is 0 Å². The third-order valence-electron chi connectivity index (χ3n) is 5.00.